The SMILES string of the molecule is CC(C)c1nccn1[C@H](C)C(=O)N1CCN(C(=O)c2ncn[nH]2)CC1. The highest BCUT2D eigenvalue weighted by Crippen LogP contribution is 2.19. The molecule has 1 saturated heterocycles. The summed E-state index contributed by atoms with van der Waals surface area (Å²) in [6.45, 7) is 8.00. The van der Waals surface area contributed by atoms with Gasteiger partial charge in [-0.25, -0.2) is 9.97 Å². The monoisotopic (exact) mass is 345 g/mol. The molecule has 0 unspecified atom stereocenters. The minimum Gasteiger partial charge on any atom is -0.337 e. The Morgan fingerprint density at radius 3 is 2.36 bits per heavy atom. The van der Waals surface area contributed by atoms with Crippen LogP contribution in [-0.2, 0) is 4.79 Å². The van der Waals surface area contributed by atoms with E-state index in [1.807, 2.05) is 17.7 Å². The number of nitrogens with zero attached hydrogens (tertiary/aromatic N) is 6. The van der Waals surface area contributed by atoms with Gasteiger partial charge in [0.2, 0.25) is 11.7 Å². The Kier molecular flexibility index (Phi) is 4.82. The average molecular weight is 345 g/mol. The molecule has 2 aromatic rings. The quantitative estimate of drug-likeness (QED) is 0.878. The van der Waals surface area contributed by atoms with E-state index in [0.29, 0.717) is 26.2 Å². The number of H-pyrrole nitrogens is 1. The van der Waals surface area contributed by atoms with Gasteiger partial charge in [0.15, 0.2) is 0 Å². The second-order valence-corrected chi connectivity index (χ2v) is 6.47. The fourth-order valence-corrected chi connectivity index (χ4v) is 3.07. The van der Waals surface area contributed by atoms with Crippen LogP contribution in [-0.4, -0.2) is 72.5 Å². The zero-order valence-electron chi connectivity index (χ0n) is 14.7. The molecule has 0 bridgehead atoms. The maximum atomic E-state index is 12.8. The lowest BCUT2D eigenvalue weighted by Gasteiger charge is -2.36. The summed E-state index contributed by atoms with van der Waals surface area (Å²) in [5, 5.41) is 6.28. The van der Waals surface area contributed by atoms with Crippen molar-refractivity contribution in [3.63, 3.8) is 0 Å². The fourth-order valence-electron chi connectivity index (χ4n) is 3.07. The van der Waals surface area contributed by atoms with E-state index in [1.54, 1.807) is 16.0 Å². The molecule has 1 fully saturated rings. The van der Waals surface area contributed by atoms with Crippen LogP contribution >= 0.6 is 0 Å². The highest BCUT2D eigenvalue weighted by atomic mass is 16.2. The highest BCUT2D eigenvalue weighted by molar-refractivity contribution is 5.90. The first-order valence-electron chi connectivity index (χ1n) is 8.45. The smallest absolute Gasteiger partial charge is 0.291 e. The number of aromatic amines is 1. The van der Waals surface area contributed by atoms with Crippen LogP contribution in [0.2, 0.25) is 0 Å². The number of hydrogen-bond acceptors (Lipinski definition) is 5. The summed E-state index contributed by atoms with van der Waals surface area (Å²) < 4.78 is 1.93. The maximum absolute atomic E-state index is 12.8. The Hall–Kier alpha value is -2.71. The molecule has 1 aliphatic heterocycles. The Morgan fingerprint density at radius 1 is 1.08 bits per heavy atom. The molecule has 1 atom stereocenters. The molecule has 3 rings (SSSR count). The zero-order valence-corrected chi connectivity index (χ0v) is 14.7. The van der Waals surface area contributed by atoms with Crippen LogP contribution in [0.15, 0.2) is 18.7 Å². The van der Waals surface area contributed by atoms with Crippen molar-refractivity contribution in [2.24, 2.45) is 0 Å². The molecule has 0 radical (unpaired) electrons. The molecule has 9 nitrogen and oxygen atoms in total. The van der Waals surface area contributed by atoms with Gasteiger partial charge in [0.05, 0.1) is 0 Å². The summed E-state index contributed by atoms with van der Waals surface area (Å²) in [5.74, 6) is 1.25. The summed E-state index contributed by atoms with van der Waals surface area (Å²) >= 11 is 0. The van der Waals surface area contributed by atoms with Gasteiger partial charge in [-0.05, 0) is 6.92 Å². The molecule has 0 aliphatic carbocycles. The van der Waals surface area contributed by atoms with Crippen LogP contribution in [0.25, 0.3) is 0 Å². The van der Waals surface area contributed by atoms with Crippen LogP contribution in [0.4, 0.5) is 0 Å². The molecule has 1 aliphatic rings. The Morgan fingerprint density at radius 2 is 1.76 bits per heavy atom. The van der Waals surface area contributed by atoms with E-state index in [0.717, 1.165) is 5.82 Å². The second-order valence-electron chi connectivity index (χ2n) is 6.47. The number of aromatic nitrogens is 5. The minimum absolute atomic E-state index is 0.0478. The third-order valence-corrected chi connectivity index (χ3v) is 4.49. The van der Waals surface area contributed by atoms with E-state index < -0.39 is 0 Å². The van der Waals surface area contributed by atoms with E-state index in [-0.39, 0.29) is 29.6 Å². The number of imidazole rings is 1. The van der Waals surface area contributed by atoms with Gasteiger partial charge >= 0.3 is 0 Å². The molecule has 9 heteroatoms. The number of piperazine rings is 1. The molecular formula is C16H23N7O2. The van der Waals surface area contributed by atoms with E-state index >= 15 is 0 Å². The predicted octanol–water partition coefficient (Wildman–Crippen LogP) is 0.670. The van der Waals surface area contributed by atoms with Crippen LogP contribution < -0.4 is 0 Å². The predicted molar refractivity (Wildman–Crippen MR) is 89.9 cm³/mol. The van der Waals surface area contributed by atoms with Gasteiger partial charge in [0.25, 0.3) is 5.91 Å². The summed E-state index contributed by atoms with van der Waals surface area (Å²) in [6.07, 6.45) is 4.89. The maximum Gasteiger partial charge on any atom is 0.291 e. The summed E-state index contributed by atoms with van der Waals surface area (Å²) in [5.41, 5.74) is 0. The minimum atomic E-state index is -0.309. The van der Waals surface area contributed by atoms with Gasteiger partial charge in [-0.15, -0.1) is 0 Å². The van der Waals surface area contributed by atoms with Crippen molar-refractivity contribution in [3.05, 3.63) is 30.4 Å². The van der Waals surface area contributed by atoms with Crippen molar-refractivity contribution >= 4 is 11.8 Å². The summed E-state index contributed by atoms with van der Waals surface area (Å²) in [4.78, 5) is 36.8. The molecule has 3 heterocycles. The van der Waals surface area contributed by atoms with Gasteiger partial charge in [0.1, 0.15) is 18.2 Å². The number of rotatable bonds is 4. The molecule has 0 saturated carbocycles. The van der Waals surface area contributed by atoms with Crippen molar-refractivity contribution in [1.82, 2.24) is 34.5 Å². The molecule has 0 aromatic carbocycles. The molecule has 25 heavy (non-hydrogen) atoms. The molecule has 2 aromatic heterocycles. The van der Waals surface area contributed by atoms with Gasteiger partial charge in [0, 0.05) is 44.5 Å². The third-order valence-electron chi connectivity index (χ3n) is 4.49. The summed E-state index contributed by atoms with van der Waals surface area (Å²) in [6, 6.07) is -0.309. The normalized spacial score (nSPS) is 16.3. The van der Waals surface area contributed by atoms with Crippen molar-refractivity contribution in [2.45, 2.75) is 32.7 Å². The number of carbonyl (C=O) groups excluding carboxylic acids is 2. The Labute approximate surface area is 146 Å². The fraction of sp³-hybridized carbons (Fsp3) is 0.562. The van der Waals surface area contributed by atoms with Gasteiger partial charge in [-0.3, -0.25) is 14.7 Å². The van der Waals surface area contributed by atoms with E-state index in [4.69, 9.17) is 0 Å². The van der Waals surface area contributed by atoms with Crippen molar-refractivity contribution < 1.29 is 9.59 Å². The number of carbonyl (C=O) groups is 2. The Balaban J connectivity index is 1.61. The van der Waals surface area contributed by atoms with Crippen LogP contribution in [0.5, 0.6) is 0 Å². The molecular weight excluding hydrogens is 322 g/mol. The molecule has 1 N–H and O–H groups in total. The highest BCUT2D eigenvalue weighted by Gasteiger charge is 2.29. The lowest BCUT2D eigenvalue weighted by atomic mass is 10.2. The van der Waals surface area contributed by atoms with E-state index in [2.05, 4.69) is 34.0 Å². The van der Waals surface area contributed by atoms with Crippen molar-refractivity contribution in [1.29, 1.82) is 0 Å². The number of nitrogens with one attached hydrogen (secondary N) is 1. The first-order chi connectivity index (χ1) is 12.0. The Bertz CT molecular complexity index is 730. The molecule has 2 amide bonds. The van der Waals surface area contributed by atoms with Crippen molar-refractivity contribution in [2.75, 3.05) is 26.2 Å². The molecule has 134 valence electrons. The lowest BCUT2D eigenvalue weighted by Crippen LogP contribution is -2.52. The first kappa shape index (κ1) is 17.1. The first-order valence-corrected chi connectivity index (χ1v) is 8.45. The largest absolute Gasteiger partial charge is 0.337 e. The van der Waals surface area contributed by atoms with Gasteiger partial charge < -0.3 is 14.4 Å². The standard InChI is InChI=1S/C16H23N7O2/c1-11(2)14-17-4-5-23(14)12(3)15(24)21-6-8-22(9-7-21)16(25)13-18-10-19-20-13/h4-5,10-12H,6-9H2,1-3H3,(H,18,19,20)/t12-/m1/s1. The number of hydrogen-bond donors (Lipinski definition) is 1. The second kappa shape index (κ2) is 7.04. The number of amides is 2. The summed E-state index contributed by atoms with van der Waals surface area (Å²) in [7, 11) is 0. The van der Waals surface area contributed by atoms with Crippen LogP contribution in [0.1, 0.15) is 49.2 Å². The van der Waals surface area contributed by atoms with Gasteiger partial charge in [-0.1, -0.05) is 13.8 Å². The van der Waals surface area contributed by atoms with Crippen LogP contribution in [0, 0.1) is 0 Å². The van der Waals surface area contributed by atoms with Crippen molar-refractivity contribution in [3.8, 4) is 0 Å². The van der Waals surface area contributed by atoms with E-state index in [9.17, 15) is 9.59 Å². The average Bonchev–Trinajstić information content (AvgIpc) is 3.31. The zero-order chi connectivity index (χ0) is 18.0. The van der Waals surface area contributed by atoms with Crippen LogP contribution in [0.3, 0.4) is 0 Å². The third kappa shape index (κ3) is 3.40. The topological polar surface area (TPSA) is 100 Å². The lowest BCUT2D eigenvalue weighted by molar-refractivity contribution is -0.135. The van der Waals surface area contributed by atoms with Gasteiger partial charge in [-0.2, -0.15) is 5.10 Å². The molecule has 0 spiro atoms. The van der Waals surface area contributed by atoms with E-state index in [1.165, 1.54) is 6.33 Å².